The number of nitrogens with one attached hydrogen (secondary N) is 1. The van der Waals surface area contributed by atoms with Crippen molar-refractivity contribution in [1.82, 2.24) is 4.57 Å². The maximum absolute atomic E-state index is 13.4. The Kier molecular flexibility index (Phi) is 3.95. The quantitative estimate of drug-likeness (QED) is 0.857. The van der Waals surface area contributed by atoms with Crippen molar-refractivity contribution < 1.29 is 18.0 Å². The number of hydrogen-bond acceptors (Lipinski definition) is 3. The van der Waals surface area contributed by atoms with Gasteiger partial charge in [0, 0.05) is 24.7 Å². The van der Waals surface area contributed by atoms with Gasteiger partial charge in [0.1, 0.15) is 5.82 Å². The van der Waals surface area contributed by atoms with Crippen molar-refractivity contribution in [3.63, 3.8) is 0 Å². The highest BCUT2D eigenvalue weighted by molar-refractivity contribution is 6.13. The summed E-state index contributed by atoms with van der Waals surface area (Å²) in [7, 11) is 0. The number of aromatic nitrogens is 1. The summed E-state index contributed by atoms with van der Waals surface area (Å²) in [5, 5.41) is 2.79. The monoisotopic (exact) mass is 336 g/mol. The fourth-order valence-electron chi connectivity index (χ4n) is 2.80. The molecule has 0 atom stereocenters. The van der Waals surface area contributed by atoms with E-state index in [1.165, 1.54) is 16.7 Å². The lowest BCUT2D eigenvalue weighted by atomic mass is 9.97. The molecule has 126 valence electrons. The highest BCUT2D eigenvalue weighted by Gasteiger charge is 2.39. The Bertz CT molecular complexity index is 852. The van der Waals surface area contributed by atoms with Gasteiger partial charge >= 0.3 is 6.18 Å². The largest absolute Gasteiger partial charge is 0.417 e. The van der Waals surface area contributed by atoms with E-state index in [4.69, 9.17) is 0 Å². The van der Waals surface area contributed by atoms with Crippen LogP contribution in [-0.2, 0) is 12.7 Å². The Labute approximate surface area is 135 Å². The van der Waals surface area contributed by atoms with Gasteiger partial charge in [-0.25, -0.2) is 0 Å². The van der Waals surface area contributed by atoms with Crippen LogP contribution in [0.1, 0.15) is 33.5 Å². The molecule has 0 unspecified atom stereocenters. The Balaban J connectivity index is 2.26. The number of anilines is 1. The number of ketones is 1. The number of hydrogen-bond donors (Lipinski definition) is 1. The average molecular weight is 336 g/mol. The summed E-state index contributed by atoms with van der Waals surface area (Å²) in [5.74, 6) is -0.799. The van der Waals surface area contributed by atoms with E-state index in [0.29, 0.717) is 19.0 Å². The molecule has 0 saturated heterocycles. The number of carbonyl (C=O) groups is 1. The van der Waals surface area contributed by atoms with Crippen LogP contribution in [-0.4, -0.2) is 16.9 Å². The molecule has 1 aliphatic heterocycles. The summed E-state index contributed by atoms with van der Waals surface area (Å²) in [6.45, 7) is 2.52. The molecule has 2 aromatic rings. The summed E-state index contributed by atoms with van der Waals surface area (Å²) < 4.78 is 41.4. The predicted octanol–water partition coefficient (Wildman–Crippen LogP) is 3.22. The molecule has 0 amide bonds. The fourth-order valence-corrected chi connectivity index (χ4v) is 2.80. The number of fused-ring (bicyclic) bond motifs is 1. The van der Waals surface area contributed by atoms with E-state index in [-0.39, 0.29) is 17.9 Å². The molecule has 1 aliphatic rings. The Morgan fingerprint density at radius 1 is 1.21 bits per heavy atom. The zero-order chi connectivity index (χ0) is 17.5. The van der Waals surface area contributed by atoms with E-state index in [9.17, 15) is 22.8 Å². The number of nitrogens with zero attached hydrogens (tertiary/aromatic N) is 1. The first-order valence-electron chi connectivity index (χ1n) is 7.49. The number of rotatable bonds is 2. The minimum atomic E-state index is -4.79. The lowest BCUT2D eigenvalue weighted by molar-refractivity contribution is -0.138. The van der Waals surface area contributed by atoms with Crippen molar-refractivity contribution in [2.45, 2.75) is 26.1 Å². The molecule has 4 nitrogen and oxygen atoms in total. The van der Waals surface area contributed by atoms with E-state index < -0.39 is 28.6 Å². The summed E-state index contributed by atoms with van der Waals surface area (Å²) in [5.41, 5.74) is -1.40. The van der Waals surface area contributed by atoms with Gasteiger partial charge in [-0.3, -0.25) is 14.2 Å². The lowest BCUT2D eigenvalue weighted by Gasteiger charge is -2.25. The minimum Gasteiger partial charge on any atom is -0.371 e. The van der Waals surface area contributed by atoms with E-state index in [0.717, 1.165) is 5.56 Å². The first-order valence-corrected chi connectivity index (χ1v) is 7.49. The Morgan fingerprint density at radius 3 is 2.50 bits per heavy atom. The van der Waals surface area contributed by atoms with Crippen molar-refractivity contribution in [1.29, 1.82) is 0 Å². The first-order chi connectivity index (χ1) is 11.3. The summed E-state index contributed by atoms with van der Waals surface area (Å²) in [6, 6.07) is 6.81. The van der Waals surface area contributed by atoms with Crippen LogP contribution in [0.25, 0.3) is 0 Å². The van der Waals surface area contributed by atoms with Gasteiger partial charge in [0.15, 0.2) is 5.78 Å². The van der Waals surface area contributed by atoms with Crippen molar-refractivity contribution in [3.05, 3.63) is 62.9 Å². The van der Waals surface area contributed by atoms with Crippen molar-refractivity contribution in [3.8, 4) is 0 Å². The molecule has 0 saturated carbocycles. The maximum Gasteiger partial charge on any atom is 0.417 e. The summed E-state index contributed by atoms with van der Waals surface area (Å²) in [6.07, 6.45) is -4.18. The SMILES string of the molecule is Cc1ccc(C(=O)c2c(C(F)(F)F)cc(=O)n3c2NCCC3)cc1. The topological polar surface area (TPSA) is 51.1 Å². The molecule has 3 rings (SSSR count). The molecule has 0 aliphatic carbocycles. The average Bonchev–Trinajstić information content (AvgIpc) is 2.54. The molecule has 24 heavy (non-hydrogen) atoms. The second kappa shape index (κ2) is 5.81. The van der Waals surface area contributed by atoms with Crippen molar-refractivity contribution >= 4 is 11.6 Å². The van der Waals surface area contributed by atoms with Gasteiger partial charge < -0.3 is 5.32 Å². The molecule has 0 spiro atoms. The van der Waals surface area contributed by atoms with Gasteiger partial charge in [0.25, 0.3) is 5.56 Å². The van der Waals surface area contributed by atoms with Crippen LogP contribution >= 0.6 is 0 Å². The van der Waals surface area contributed by atoms with Crippen LogP contribution in [0.3, 0.4) is 0 Å². The number of alkyl halides is 3. The van der Waals surface area contributed by atoms with Gasteiger partial charge in [-0.2, -0.15) is 13.2 Å². The van der Waals surface area contributed by atoms with Crippen molar-refractivity contribution in [2.24, 2.45) is 0 Å². The van der Waals surface area contributed by atoms with Crippen LogP contribution < -0.4 is 10.9 Å². The van der Waals surface area contributed by atoms with E-state index >= 15 is 0 Å². The standard InChI is InChI=1S/C17H15F3N2O2/c1-10-3-5-11(6-4-10)15(24)14-12(17(18,19)20)9-13(23)22-8-2-7-21-16(14)22/h3-6,9,21H,2,7-8H2,1H3. The molecule has 2 heterocycles. The maximum atomic E-state index is 13.4. The molecule has 1 aromatic heterocycles. The predicted molar refractivity (Wildman–Crippen MR) is 83.4 cm³/mol. The second-order valence-corrected chi connectivity index (χ2v) is 5.74. The Morgan fingerprint density at radius 2 is 1.88 bits per heavy atom. The van der Waals surface area contributed by atoms with Gasteiger partial charge in [-0.05, 0) is 13.3 Å². The zero-order valence-electron chi connectivity index (χ0n) is 12.9. The van der Waals surface area contributed by atoms with Gasteiger partial charge in [0.05, 0.1) is 11.1 Å². The molecule has 0 radical (unpaired) electrons. The molecule has 7 heteroatoms. The highest BCUT2D eigenvalue weighted by Crippen LogP contribution is 2.36. The third-order valence-corrected chi connectivity index (χ3v) is 4.01. The van der Waals surface area contributed by atoms with Crippen LogP contribution in [0, 0.1) is 6.92 Å². The number of aryl methyl sites for hydroxylation is 1. The second-order valence-electron chi connectivity index (χ2n) is 5.74. The van der Waals surface area contributed by atoms with E-state index in [1.54, 1.807) is 12.1 Å². The normalized spacial score (nSPS) is 14.0. The highest BCUT2D eigenvalue weighted by atomic mass is 19.4. The van der Waals surface area contributed by atoms with Crippen LogP contribution in [0.5, 0.6) is 0 Å². The molecule has 0 fully saturated rings. The third kappa shape index (κ3) is 2.81. The lowest BCUT2D eigenvalue weighted by Crippen LogP contribution is -2.33. The molecule has 1 N–H and O–H groups in total. The first kappa shape index (κ1) is 16.3. The van der Waals surface area contributed by atoms with Gasteiger partial charge in [0.2, 0.25) is 0 Å². The van der Waals surface area contributed by atoms with Crippen LogP contribution in [0.2, 0.25) is 0 Å². The molecule has 0 bridgehead atoms. The van der Waals surface area contributed by atoms with Crippen LogP contribution in [0.4, 0.5) is 19.0 Å². The van der Waals surface area contributed by atoms with Crippen LogP contribution in [0.15, 0.2) is 35.1 Å². The molecular formula is C17H15F3N2O2. The molecular weight excluding hydrogens is 321 g/mol. The number of benzene rings is 1. The van der Waals surface area contributed by atoms with Gasteiger partial charge in [-0.15, -0.1) is 0 Å². The van der Waals surface area contributed by atoms with E-state index in [2.05, 4.69) is 5.32 Å². The van der Waals surface area contributed by atoms with Crippen molar-refractivity contribution in [2.75, 3.05) is 11.9 Å². The zero-order valence-corrected chi connectivity index (χ0v) is 12.9. The van der Waals surface area contributed by atoms with E-state index in [1.807, 2.05) is 6.92 Å². The molecule has 1 aromatic carbocycles. The third-order valence-electron chi connectivity index (χ3n) is 4.01. The minimum absolute atomic E-state index is 0.0494. The Hall–Kier alpha value is -2.57. The number of pyridine rings is 1. The fraction of sp³-hybridized carbons (Fsp3) is 0.294. The van der Waals surface area contributed by atoms with Gasteiger partial charge in [-0.1, -0.05) is 29.8 Å². The number of halogens is 3. The summed E-state index contributed by atoms with van der Waals surface area (Å²) >= 11 is 0. The smallest absolute Gasteiger partial charge is 0.371 e. The summed E-state index contributed by atoms with van der Waals surface area (Å²) in [4.78, 5) is 24.8. The number of carbonyl (C=O) groups excluding carboxylic acids is 1.